The van der Waals surface area contributed by atoms with E-state index in [4.69, 9.17) is 4.74 Å². The van der Waals surface area contributed by atoms with Crippen LogP contribution in [0.5, 0.6) is 0 Å². The van der Waals surface area contributed by atoms with E-state index in [-0.39, 0.29) is 6.10 Å². The Hall–Kier alpha value is -1.59. The molecular formula is C22H38N4O. The van der Waals surface area contributed by atoms with Gasteiger partial charge in [0.15, 0.2) is 5.96 Å². The number of hydrogen-bond acceptors (Lipinski definition) is 3. The Labute approximate surface area is 165 Å². The summed E-state index contributed by atoms with van der Waals surface area (Å²) >= 11 is 0. The first-order valence-electron chi connectivity index (χ1n) is 10.3. The summed E-state index contributed by atoms with van der Waals surface area (Å²) in [5, 5.41) is 3.54. The average molecular weight is 375 g/mol. The van der Waals surface area contributed by atoms with Crippen molar-refractivity contribution >= 4 is 5.96 Å². The third-order valence-corrected chi connectivity index (χ3v) is 5.45. The Morgan fingerprint density at radius 3 is 2.78 bits per heavy atom. The van der Waals surface area contributed by atoms with Gasteiger partial charge in [0.2, 0.25) is 0 Å². The molecule has 1 fully saturated rings. The predicted molar refractivity (Wildman–Crippen MR) is 115 cm³/mol. The van der Waals surface area contributed by atoms with Gasteiger partial charge in [0.1, 0.15) is 6.10 Å². The van der Waals surface area contributed by atoms with Crippen LogP contribution in [0.1, 0.15) is 49.5 Å². The molecule has 1 aromatic carbocycles. The second-order valence-corrected chi connectivity index (χ2v) is 7.92. The van der Waals surface area contributed by atoms with E-state index < -0.39 is 0 Å². The summed E-state index contributed by atoms with van der Waals surface area (Å²) < 4.78 is 6.07. The van der Waals surface area contributed by atoms with Crippen molar-refractivity contribution in [3.8, 4) is 0 Å². The molecule has 0 radical (unpaired) electrons. The lowest BCUT2D eigenvalue weighted by Gasteiger charge is -2.36. The van der Waals surface area contributed by atoms with Crippen molar-refractivity contribution in [3.63, 3.8) is 0 Å². The molecule has 0 spiro atoms. The Morgan fingerprint density at radius 1 is 1.33 bits per heavy atom. The highest BCUT2D eigenvalue weighted by molar-refractivity contribution is 5.80. The minimum atomic E-state index is 0.109. The van der Waals surface area contributed by atoms with E-state index in [1.165, 1.54) is 23.1 Å². The van der Waals surface area contributed by atoms with Crippen molar-refractivity contribution in [1.82, 2.24) is 15.1 Å². The van der Waals surface area contributed by atoms with Gasteiger partial charge in [-0.2, -0.15) is 0 Å². The third kappa shape index (κ3) is 6.51. The van der Waals surface area contributed by atoms with E-state index in [0.717, 1.165) is 45.2 Å². The Morgan fingerprint density at radius 2 is 2.11 bits per heavy atom. The number of ether oxygens (including phenoxy) is 1. The number of nitrogens with zero attached hydrogens (tertiary/aromatic N) is 3. The molecule has 0 bridgehead atoms. The van der Waals surface area contributed by atoms with Crippen LogP contribution in [0.4, 0.5) is 0 Å². The minimum Gasteiger partial charge on any atom is -0.370 e. The normalized spacial score (nSPS) is 18.4. The van der Waals surface area contributed by atoms with Crippen LogP contribution in [0.2, 0.25) is 0 Å². The molecule has 1 aromatic rings. The summed E-state index contributed by atoms with van der Waals surface area (Å²) in [5.41, 5.74) is 3.89. The molecule has 5 nitrogen and oxygen atoms in total. The lowest BCUT2D eigenvalue weighted by molar-refractivity contribution is -0.00831. The first-order valence-corrected chi connectivity index (χ1v) is 10.3. The van der Waals surface area contributed by atoms with Crippen molar-refractivity contribution in [2.45, 2.75) is 52.7 Å². The fourth-order valence-electron chi connectivity index (χ4n) is 3.49. The number of hydrogen-bond donors (Lipinski definition) is 1. The molecule has 2 rings (SSSR count). The molecule has 1 unspecified atom stereocenters. The SMILES string of the molecule is CN=C(NCCCCN(C)C(C)C)N1CCOC(c2ccc(C)cc2C)C1. The quantitative estimate of drug-likeness (QED) is 0.451. The molecule has 0 aliphatic carbocycles. The molecule has 152 valence electrons. The summed E-state index contributed by atoms with van der Waals surface area (Å²) in [6.45, 7) is 13.4. The van der Waals surface area contributed by atoms with Gasteiger partial charge in [0.05, 0.1) is 13.2 Å². The number of benzene rings is 1. The van der Waals surface area contributed by atoms with Crippen LogP contribution in [-0.2, 0) is 4.74 Å². The zero-order chi connectivity index (χ0) is 19.8. The summed E-state index contributed by atoms with van der Waals surface area (Å²) in [4.78, 5) is 9.22. The second kappa shape index (κ2) is 10.7. The van der Waals surface area contributed by atoms with Crippen LogP contribution in [-0.4, -0.2) is 68.7 Å². The summed E-state index contributed by atoms with van der Waals surface area (Å²) in [7, 11) is 4.06. The van der Waals surface area contributed by atoms with Gasteiger partial charge in [0, 0.05) is 26.2 Å². The molecule has 1 atom stereocenters. The highest BCUT2D eigenvalue weighted by Crippen LogP contribution is 2.25. The standard InChI is InChI=1S/C22H38N4O/c1-17(2)25(6)12-8-7-11-24-22(23-5)26-13-14-27-21(16-26)20-10-9-18(3)15-19(20)4/h9-10,15,17,21H,7-8,11-14,16H2,1-6H3,(H,23,24). The van der Waals surface area contributed by atoms with Gasteiger partial charge in [-0.3, -0.25) is 4.99 Å². The first-order chi connectivity index (χ1) is 12.9. The maximum absolute atomic E-state index is 6.07. The van der Waals surface area contributed by atoms with Crippen molar-refractivity contribution in [2.24, 2.45) is 4.99 Å². The molecule has 0 saturated carbocycles. The van der Waals surface area contributed by atoms with Crippen molar-refractivity contribution < 1.29 is 4.74 Å². The average Bonchev–Trinajstić information content (AvgIpc) is 2.64. The first kappa shape index (κ1) is 21.7. The van der Waals surface area contributed by atoms with Crippen LogP contribution in [0, 0.1) is 13.8 Å². The topological polar surface area (TPSA) is 40.1 Å². The van der Waals surface area contributed by atoms with E-state index in [2.05, 4.69) is 73.1 Å². The molecule has 1 heterocycles. The summed E-state index contributed by atoms with van der Waals surface area (Å²) in [6.07, 6.45) is 2.46. The zero-order valence-electron chi connectivity index (χ0n) is 18.1. The van der Waals surface area contributed by atoms with E-state index in [0.29, 0.717) is 6.04 Å². The zero-order valence-corrected chi connectivity index (χ0v) is 18.1. The molecule has 0 amide bonds. The Bertz CT molecular complexity index is 614. The molecule has 1 saturated heterocycles. The molecule has 27 heavy (non-hydrogen) atoms. The number of nitrogens with one attached hydrogen (secondary N) is 1. The van der Waals surface area contributed by atoms with Crippen LogP contribution in [0.15, 0.2) is 23.2 Å². The molecule has 1 aliphatic heterocycles. The molecule has 5 heteroatoms. The smallest absolute Gasteiger partial charge is 0.193 e. The molecule has 1 aliphatic rings. The van der Waals surface area contributed by atoms with Crippen LogP contribution in [0.25, 0.3) is 0 Å². The van der Waals surface area contributed by atoms with Gasteiger partial charge in [-0.15, -0.1) is 0 Å². The van der Waals surface area contributed by atoms with Crippen molar-refractivity contribution in [2.75, 3.05) is 46.9 Å². The highest BCUT2D eigenvalue weighted by atomic mass is 16.5. The van der Waals surface area contributed by atoms with Gasteiger partial charge in [-0.05, 0) is 65.3 Å². The van der Waals surface area contributed by atoms with Gasteiger partial charge >= 0.3 is 0 Å². The van der Waals surface area contributed by atoms with E-state index >= 15 is 0 Å². The number of guanidine groups is 1. The lowest BCUT2D eigenvalue weighted by atomic mass is 10.00. The lowest BCUT2D eigenvalue weighted by Crippen LogP contribution is -2.48. The number of aliphatic imine (C=N–C) groups is 1. The maximum Gasteiger partial charge on any atom is 0.193 e. The van der Waals surface area contributed by atoms with Crippen LogP contribution >= 0.6 is 0 Å². The van der Waals surface area contributed by atoms with Crippen LogP contribution in [0.3, 0.4) is 0 Å². The predicted octanol–water partition coefficient (Wildman–Crippen LogP) is 3.37. The third-order valence-electron chi connectivity index (χ3n) is 5.45. The highest BCUT2D eigenvalue weighted by Gasteiger charge is 2.25. The summed E-state index contributed by atoms with van der Waals surface area (Å²) in [6, 6.07) is 7.23. The van der Waals surface area contributed by atoms with Crippen molar-refractivity contribution in [3.05, 3.63) is 34.9 Å². The van der Waals surface area contributed by atoms with E-state index in [1.807, 2.05) is 7.05 Å². The second-order valence-electron chi connectivity index (χ2n) is 7.92. The van der Waals surface area contributed by atoms with Gasteiger partial charge < -0.3 is 19.9 Å². The number of rotatable bonds is 7. The Kier molecular flexibility index (Phi) is 8.58. The van der Waals surface area contributed by atoms with Gasteiger partial charge in [0.25, 0.3) is 0 Å². The maximum atomic E-state index is 6.07. The molecule has 1 N–H and O–H groups in total. The van der Waals surface area contributed by atoms with E-state index in [1.54, 1.807) is 0 Å². The van der Waals surface area contributed by atoms with E-state index in [9.17, 15) is 0 Å². The fourth-order valence-corrected chi connectivity index (χ4v) is 3.49. The largest absolute Gasteiger partial charge is 0.370 e. The van der Waals surface area contributed by atoms with Crippen LogP contribution < -0.4 is 5.32 Å². The number of aryl methyl sites for hydroxylation is 2. The van der Waals surface area contributed by atoms with Gasteiger partial charge in [-0.1, -0.05) is 23.8 Å². The summed E-state index contributed by atoms with van der Waals surface area (Å²) in [5.74, 6) is 0.991. The fraction of sp³-hybridized carbons (Fsp3) is 0.682. The van der Waals surface area contributed by atoms with Crippen molar-refractivity contribution in [1.29, 1.82) is 0 Å². The minimum absolute atomic E-state index is 0.109. The number of morpholine rings is 1. The molecule has 0 aromatic heterocycles. The molecular weight excluding hydrogens is 336 g/mol. The number of unbranched alkanes of at least 4 members (excludes halogenated alkanes) is 1. The van der Waals surface area contributed by atoms with Gasteiger partial charge in [-0.25, -0.2) is 0 Å². The Balaban J connectivity index is 1.84. The monoisotopic (exact) mass is 374 g/mol.